The van der Waals surface area contributed by atoms with Crippen molar-refractivity contribution in [2.24, 2.45) is 5.73 Å². The Morgan fingerprint density at radius 1 is 1.05 bits per heavy atom. The van der Waals surface area contributed by atoms with Gasteiger partial charge in [-0.05, 0) is 31.2 Å². The predicted octanol–water partition coefficient (Wildman–Crippen LogP) is 3.86. The molecule has 1 aromatic carbocycles. The summed E-state index contributed by atoms with van der Waals surface area (Å²) in [4.78, 5) is 0. The summed E-state index contributed by atoms with van der Waals surface area (Å²) in [5, 5.41) is 0. The lowest BCUT2D eigenvalue weighted by atomic mass is 10.1. The van der Waals surface area contributed by atoms with Crippen LogP contribution < -0.4 is 5.73 Å². The van der Waals surface area contributed by atoms with Crippen molar-refractivity contribution in [3.8, 4) is 11.3 Å². The van der Waals surface area contributed by atoms with Crippen molar-refractivity contribution in [3.63, 3.8) is 0 Å². The first-order valence-corrected chi connectivity index (χ1v) is 5.98. The predicted molar refractivity (Wildman–Crippen MR) is 66.5 cm³/mol. The first kappa shape index (κ1) is 13.7. The molecule has 0 atom stereocenters. The second-order valence-corrected chi connectivity index (χ2v) is 4.20. The normalized spacial score (nSPS) is 11.8. The molecule has 0 bridgehead atoms. The summed E-state index contributed by atoms with van der Waals surface area (Å²) in [7, 11) is 0. The van der Waals surface area contributed by atoms with Crippen molar-refractivity contribution in [3.05, 3.63) is 47.7 Å². The average Bonchev–Trinajstić information content (AvgIpc) is 2.84. The number of hydrogen-bond donors (Lipinski definition) is 1. The van der Waals surface area contributed by atoms with E-state index in [2.05, 4.69) is 0 Å². The standard InChI is InChI=1S/C14H14F3NO/c15-14(16,17)12-6-2-1-5-11(12)13-8-7-10(19-13)4-3-9-18/h1-2,5-8H,3-4,9,18H2. The highest BCUT2D eigenvalue weighted by atomic mass is 19.4. The third-order valence-electron chi connectivity index (χ3n) is 2.79. The zero-order chi connectivity index (χ0) is 13.9. The molecule has 0 saturated heterocycles. The molecular formula is C14H14F3NO. The summed E-state index contributed by atoms with van der Waals surface area (Å²) in [5.41, 5.74) is 4.76. The summed E-state index contributed by atoms with van der Waals surface area (Å²) in [5.74, 6) is 0.886. The van der Waals surface area contributed by atoms with Crippen LogP contribution in [0.4, 0.5) is 13.2 Å². The minimum Gasteiger partial charge on any atom is -0.461 e. The Hall–Kier alpha value is -1.75. The van der Waals surface area contributed by atoms with Crippen LogP contribution in [0.5, 0.6) is 0 Å². The topological polar surface area (TPSA) is 39.2 Å². The fourth-order valence-electron chi connectivity index (χ4n) is 1.88. The van der Waals surface area contributed by atoms with Gasteiger partial charge in [-0.3, -0.25) is 0 Å². The number of alkyl halides is 3. The van der Waals surface area contributed by atoms with E-state index in [9.17, 15) is 13.2 Å². The molecule has 0 spiro atoms. The van der Waals surface area contributed by atoms with Crippen molar-refractivity contribution in [1.29, 1.82) is 0 Å². The van der Waals surface area contributed by atoms with Crippen molar-refractivity contribution in [1.82, 2.24) is 0 Å². The van der Waals surface area contributed by atoms with Gasteiger partial charge >= 0.3 is 6.18 Å². The second-order valence-electron chi connectivity index (χ2n) is 4.20. The summed E-state index contributed by atoms with van der Waals surface area (Å²) >= 11 is 0. The van der Waals surface area contributed by atoms with Crippen molar-refractivity contribution < 1.29 is 17.6 Å². The Kier molecular flexibility index (Phi) is 3.95. The van der Waals surface area contributed by atoms with Gasteiger partial charge in [0.2, 0.25) is 0 Å². The molecule has 0 radical (unpaired) electrons. The van der Waals surface area contributed by atoms with E-state index in [4.69, 9.17) is 10.2 Å². The van der Waals surface area contributed by atoms with Gasteiger partial charge in [-0.15, -0.1) is 0 Å². The lowest BCUT2D eigenvalue weighted by Crippen LogP contribution is -2.06. The lowest BCUT2D eigenvalue weighted by molar-refractivity contribution is -0.137. The van der Waals surface area contributed by atoms with Crippen LogP contribution in [0.1, 0.15) is 17.7 Å². The maximum absolute atomic E-state index is 12.9. The van der Waals surface area contributed by atoms with E-state index >= 15 is 0 Å². The Morgan fingerprint density at radius 2 is 1.79 bits per heavy atom. The van der Waals surface area contributed by atoms with Gasteiger partial charge < -0.3 is 10.2 Å². The fraction of sp³-hybridized carbons (Fsp3) is 0.286. The first-order chi connectivity index (χ1) is 9.02. The first-order valence-electron chi connectivity index (χ1n) is 5.98. The molecule has 1 aromatic heterocycles. The highest BCUT2D eigenvalue weighted by Gasteiger charge is 2.34. The summed E-state index contributed by atoms with van der Waals surface area (Å²) < 4.78 is 44.1. The van der Waals surface area contributed by atoms with Gasteiger partial charge in [-0.25, -0.2) is 0 Å². The van der Waals surface area contributed by atoms with Crippen LogP contribution in [0.2, 0.25) is 0 Å². The number of aryl methyl sites for hydroxylation is 1. The largest absolute Gasteiger partial charge is 0.461 e. The molecule has 0 fully saturated rings. The molecule has 5 heteroatoms. The maximum Gasteiger partial charge on any atom is 0.417 e. The highest BCUT2D eigenvalue weighted by Crippen LogP contribution is 2.37. The summed E-state index contributed by atoms with van der Waals surface area (Å²) in [6.07, 6.45) is -3.01. The molecule has 0 aliphatic carbocycles. The molecule has 2 aromatic rings. The quantitative estimate of drug-likeness (QED) is 0.915. The minimum atomic E-state index is -4.39. The molecule has 1 heterocycles. The Bertz CT molecular complexity index is 546. The van der Waals surface area contributed by atoms with E-state index in [1.54, 1.807) is 18.2 Å². The van der Waals surface area contributed by atoms with Crippen LogP contribution in [0.15, 0.2) is 40.8 Å². The number of furan rings is 1. The summed E-state index contributed by atoms with van der Waals surface area (Å²) in [6.45, 7) is 0.523. The van der Waals surface area contributed by atoms with Gasteiger partial charge in [-0.2, -0.15) is 13.2 Å². The zero-order valence-electron chi connectivity index (χ0n) is 10.2. The molecule has 0 amide bonds. The molecule has 102 valence electrons. The molecule has 0 aliphatic heterocycles. The van der Waals surface area contributed by atoms with Gasteiger partial charge in [0, 0.05) is 12.0 Å². The molecular weight excluding hydrogens is 255 g/mol. The maximum atomic E-state index is 12.9. The molecule has 0 saturated carbocycles. The van der Waals surface area contributed by atoms with Crippen LogP contribution >= 0.6 is 0 Å². The molecule has 0 unspecified atom stereocenters. The van der Waals surface area contributed by atoms with Crippen LogP contribution in [0.3, 0.4) is 0 Å². The SMILES string of the molecule is NCCCc1ccc(-c2ccccc2C(F)(F)F)o1. The second kappa shape index (κ2) is 5.48. The zero-order valence-corrected chi connectivity index (χ0v) is 10.2. The Labute approximate surface area is 109 Å². The number of halogens is 3. The molecule has 2 nitrogen and oxygen atoms in total. The number of benzene rings is 1. The van der Waals surface area contributed by atoms with Crippen LogP contribution in [0.25, 0.3) is 11.3 Å². The van der Waals surface area contributed by atoms with Gasteiger partial charge in [0.05, 0.1) is 5.56 Å². The van der Waals surface area contributed by atoms with Gasteiger partial charge in [0.25, 0.3) is 0 Å². The molecule has 2 N–H and O–H groups in total. The van der Waals surface area contributed by atoms with Crippen molar-refractivity contribution in [2.75, 3.05) is 6.54 Å². The van der Waals surface area contributed by atoms with E-state index in [1.165, 1.54) is 12.1 Å². The van der Waals surface area contributed by atoms with E-state index in [-0.39, 0.29) is 11.3 Å². The number of nitrogens with two attached hydrogens (primary N) is 1. The van der Waals surface area contributed by atoms with Crippen molar-refractivity contribution >= 4 is 0 Å². The molecule has 19 heavy (non-hydrogen) atoms. The number of hydrogen-bond acceptors (Lipinski definition) is 2. The molecule has 0 aliphatic rings. The third kappa shape index (κ3) is 3.17. The van der Waals surface area contributed by atoms with E-state index < -0.39 is 11.7 Å². The van der Waals surface area contributed by atoms with Gasteiger partial charge in [0.15, 0.2) is 0 Å². The van der Waals surface area contributed by atoms with Crippen molar-refractivity contribution in [2.45, 2.75) is 19.0 Å². The fourth-order valence-corrected chi connectivity index (χ4v) is 1.88. The highest BCUT2D eigenvalue weighted by molar-refractivity contribution is 5.63. The lowest BCUT2D eigenvalue weighted by Gasteiger charge is -2.10. The Morgan fingerprint density at radius 3 is 2.47 bits per heavy atom. The number of rotatable bonds is 4. The van der Waals surface area contributed by atoms with Crippen LogP contribution in [-0.2, 0) is 12.6 Å². The molecule has 2 rings (SSSR count). The smallest absolute Gasteiger partial charge is 0.417 e. The Balaban J connectivity index is 2.34. The third-order valence-corrected chi connectivity index (χ3v) is 2.79. The average molecular weight is 269 g/mol. The van der Waals surface area contributed by atoms with Gasteiger partial charge in [-0.1, -0.05) is 18.2 Å². The van der Waals surface area contributed by atoms with Crippen LogP contribution in [0, 0.1) is 0 Å². The van der Waals surface area contributed by atoms with Gasteiger partial charge in [0.1, 0.15) is 11.5 Å². The minimum absolute atomic E-state index is 0.0639. The van der Waals surface area contributed by atoms with Crippen LogP contribution in [-0.4, -0.2) is 6.54 Å². The van der Waals surface area contributed by atoms with E-state index in [0.717, 1.165) is 12.5 Å². The monoisotopic (exact) mass is 269 g/mol. The van der Waals surface area contributed by atoms with E-state index in [0.29, 0.717) is 18.7 Å². The summed E-state index contributed by atoms with van der Waals surface area (Å²) in [6, 6.07) is 8.65. The van der Waals surface area contributed by atoms with E-state index in [1.807, 2.05) is 0 Å².